The van der Waals surface area contributed by atoms with E-state index in [-0.39, 0.29) is 34.6 Å². The van der Waals surface area contributed by atoms with Crippen molar-refractivity contribution < 1.29 is 29.0 Å². The van der Waals surface area contributed by atoms with Crippen LogP contribution in [0.3, 0.4) is 0 Å². The molecule has 168 valence electrons. The van der Waals surface area contributed by atoms with Gasteiger partial charge in [0.05, 0.1) is 11.4 Å². The largest absolute Gasteiger partial charge is 0.477 e. The molecule has 2 rings (SSSR count). The van der Waals surface area contributed by atoms with Crippen LogP contribution in [0.5, 0.6) is 0 Å². The molecule has 0 fully saturated rings. The molecule has 0 aromatic carbocycles. The van der Waals surface area contributed by atoms with E-state index in [1.54, 1.807) is 40.9 Å². The molecular formula is C19H25N5O6S. The summed E-state index contributed by atoms with van der Waals surface area (Å²) in [4.78, 5) is 51.4. The summed E-state index contributed by atoms with van der Waals surface area (Å²) < 4.78 is 6.60. The smallest absolute Gasteiger partial charge is 0.407 e. The minimum Gasteiger partial charge on any atom is -0.477 e. The topological polar surface area (TPSA) is 152 Å². The van der Waals surface area contributed by atoms with Gasteiger partial charge >= 0.3 is 12.1 Å². The first kappa shape index (κ1) is 23.9. The van der Waals surface area contributed by atoms with Gasteiger partial charge < -0.3 is 25.0 Å². The van der Waals surface area contributed by atoms with Crippen LogP contribution in [-0.4, -0.2) is 50.7 Å². The Kier molecular flexibility index (Phi) is 7.39. The highest BCUT2D eigenvalue weighted by Gasteiger charge is 2.19. The zero-order valence-electron chi connectivity index (χ0n) is 17.9. The van der Waals surface area contributed by atoms with Gasteiger partial charge in [0.15, 0.2) is 5.13 Å². The summed E-state index contributed by atoms with van der Waals surface area (Å²) in [5.74, 6) is -1.96. The third-order valence-corrected chi connectivity index (χ3v) is 4.81. The van der Waals surface area contributed by atoms with E-state index in [1.165, 1.54) is 10.6 Å². The second-order valence-corrected chi connectivity index (χ2v) is 8.64. The molecule has 0 unspecified atom stereocenters. The first-order chi connectivity index (χ1) is 14.4. The maximum Gasteiger partial charge on any atom is 0.407 e. The third kappa shape index (κ3) is 7.10. The number of anilines is 2. The Morgan fingerprint density at radius 3 is 2.48 bits per heavy atom. The van der Waals surface area contributed by atoms with Crippen molar-refractivity contribution in [1.82, 2.24) is 14.9 Å². The summed E-state index contributed by atoms with van der Waals surface area (Å²) in [6, 6.07) is 1.48. The summed E-state index contributed by atoms with van der Waals surface area (Å²) in [5, 5.41) is 17.0. The van der Waals surface area contributed by atoms with E-state index < -0.39 is 23.6 Å². The number of nitrogens with zero attached hydrogens (tertiary/aromatic N) is 2. The highest BCUT2D eigenvalue weighted by atomic mass is 32.1. The molecule has 0 atom stereocenters. The predicted molar refractivity (Wildman–Crippen MR) is 115 cm³/mol. The van der Waals surface area contributed by atoms with Crippen LogP contribution < -0.4 is 16.0 Å². The number of aromatic carboxylic acids is 1. The van der Waals surface area contributed by atoms with Crippen molar-refractivity contribution in [1.29, 1.82) is 0 Å². The minimum absolute atomic E-state index is 0.0199. The Labute approximate surface area is 182 Å². The number of carbonyl (C=O) groups is 4. The van der Waals surface area contributed by atoms with E-state index >= 15 is 0 Å². The van der Waals surface area contributed by atoms with Gasteiger partial charge in [0.25, 0.3) is 5.91 Å². The highest BCUT2D eigenvalue weighted by Crippen LogP contribution is 2.23. The Morgan fingerprint density at radius 1 is 1.23 bits per heavy atom. The van der Waals surface area contributed by atoms with Gasteiger partial charge in [-0.15, -0.1) is 0 Å². The van der Waals surface area contributed by atoms with E-state index in [1.807, 2.05) is 0 Å². The van der Waals surface area contributed by atoms with Crippen molar-refractivity contribution in [2.45, 2.75) is 39.7 Å². The number of aromatic nitrogens is 2. The molecule has 0 aliphatic rings. The van der Waals surface area contributed by atoms with Crippen LogP contribution in [0.1, 0.15) is 53.0 Å². The van der Waals surface area contributed by atoms with Crippen LogP contribution in [0.2, 0.25) is 0 Å². The fourth-order valence-electron chi connectivity index (χ4n) is 2.48. The van der Waals surface area contributed by atoms with Crippen molar-refractivity contribution in [3.63, 3.8) is 0 Å². The first-order valence-corrected chi connectivity index (χ1v) is 10.1. The average Bonchev–Trinajstić information content (AvgIpc) is 3.15. The lowest BCUT2D eigenvalue weighted by atomic mass is 10.2. The molecule has 0 saturated carbocycles. The number of alkyl carbamates (subject to hydrolysis) is 1. The van der Waals surface area contributed by atoms with Crippen LogP contribution >= 0.6 is 11.3 Å². The zero-order chi connectivity index (χ0) is 23.3. The van der Waals surface area contributed by atoms with Gasteiger partial charge in [-0.1, -0.05) is 11.3 Å². The maximum atomic E-state index is 12.5. The van der Waals surface area contributed by atoms with Crippen molar-refractivity contribution in [2.24, 2.45) is 7.05 Å². The van der Waals surface area contributed by atoms with Gasteiger partial charge in [-0.05, 0) is 33.8 Å². The van der Waals surface area contributed by atoms with Gasteiger partial charge in [0.2, 0.25) is 5.91 Å². The zero-order valence-corrected chi connectivity index (χ0v) is 18.7. The van der Waals surface area contributed by atoms with Gasteiger partial charge in [0, 0.05) is 26.2 Å². The average molecular weight is 452 g/mol. The molecule has 0 radical (unpaired) electrons. The van der Waals surface area contributed by atoms with Crippen LogP contribution in [0.25, 0.3) is 0 Å². The molecule has 0 bridgehead atoms. The molecular weight excluding hydrogens is 426 g/mol. The number of nitrogens with one attached hydrogen (secondary N) is 3. The molecule has 3 amide bonds. The molecule has 2 aromatic rings. The standard InChI is InChI=1S/C19H25N5O6S/c1-10-14(16(27)28)31-17(21-10)23-15(26)12-8-11(9-24(12)5)22-13(25)6-7-20-18(29)30-19(2,3)4/h8-9H,6-7H2,1-5H3,(H,20,29)(H,22,25)(H,27,28)(H,21,23,26). The Bertz CT molecular complexity index is 1000. The molecule has 0 saturated heterocycles. The van der Waals surface area contributed by atoms with Crippen LogP contribution in [0, 0.1) is 6.92 Å². The summed E-state index contributed by atoms with van der Waals surface area (Å²) in [7, 11) is 1.63. The lowest BCUT2D eigenvalue weighted by molar-refractivity contribution is -0.116. The van der Waals surface area contributed by atoms with E-state index in [4.69, 9.17) is 9.84 Å². The molecule has 0 aliphatic heterocycles. The summed E-state index contributed by atoms with van der Waals surface area (Å²) in [6.07, 6.45) is 0.970. The fraction of sp³-hybridized carbons (Fsp3) is 0.421. The Morgan fingerprint density at radius 2 is 1.90 bits per heavy atom. The number of carboxylic acids is 1. The summed E-state index contributed by atoms with van der Waals surface area (Å²) >= 11 is 0.862. The molecule has 4 N–H and O–H groups in total. The van der Waals surface area contributed by atoms with Crippen LogP contribution in [0.4, 0.5) is 15.6 Å². The second-order valence-electron chi connectivity index (χ2n) is 7.64. The lowest BCUT2D eigenvalue weighted by Crippen LogP contribution is -2.34. The second kappa shape index (κ2) is 9.60. The number of rotatable bonds is 7. The Balaban J connectivity index is 1.91. The quantitative estimate of drug-likeness (QED) is 0.505. The number of carboxylic acid groups (broad SMARTS) is 1. The van der Waals surface area contributed by atoms with E-state index in [9.17, 15) is 19.2 Å². The van der Waals surface area contributed by atoms with Crippen molar-refractivity contribution >= 4 is 46.0 Å². The minimum atomic E-state index is -1.11. The van der Waals surface area contributed by atoms with Crippen molar-refractivity contribution in [3.8, 4) is 0 Å². The third-order valence-electron chi connectivity index (χ3n) is 3.75. The molecule has 0 aliphatic carbocycles. The number of carbonyl (C=O) groups excluding carboxylic acids is 3. The normalized spacial score (nSPS) is 11.0. The van der Waals surface area contributed by atoms with E-state index in [0.717, 1.165) is 11.3 Å². The molecule has 0 spiro atoms. The van der Waals surface area contributed by atoms with E-state index in [2.05, 4.69) is 20.9 Å². The molecule has 12 heteroatoms. The Hall–Kier alpha value is -3.41. The maximum absolute atomic E-state index is 12.5. The first-order valence-electron chi connectivity index (χ1n) is 9.31. The SMILES string of the molecule is Cc1nc(NC(=O)c2cc(NC(=O)CCNC(=O)OC(C)(C)C)cn2C)sc1C(=O)O. The van der Waals surface area contributed by atoms with Gasteiger partial charge in [0.1, 0.15) is 16.2 Å². The van der Waals surface area contributed by atoms with Crippen molar-refractivity contribution in [3.05, 3.63) is 28.5 Å². The molecule has 2 aromatic heterocycles. The number of amides is 3. The summed E-state index contributed by atoms with van der Waals surface area (Å²) in [6.45, 7) is 6.86. The number of thiazole rings is 1. The number of ether oxygens (including phenoxy) is 1. The lowest BCUT2D eigenvalue weighted by Gasteiger charge is -2.19. The fourth-order valence-corrected chi connectivity index (χ4v) is 3.28. The monoisotopic (exact) mass is 451 g/mol. The van der Waals surface area contributed by atoms with Gasteiger partial charge in [-0.3, -0.25) is 14.9 Å². The van der Waals surface area contributed by atoms with Gasteiger partial charge in [-0.25, -0.2) is 14.6 Å². The number of aryl methyl sites for hydroxylation is 2. The van der Waals surface area contributed by atoms with Gasteiger partial charge in [-0.2, -0.15) is 0 Å². The number of hydrogen-bond donors (Lipinski definition) is 4. The van der Waals surface area contributed by atoms with E-state index in [0.29, 0.717) is 11.4 Å². The highest BCUT2D eigenvalue weighted by molar-refractivity contribution is 7.17. The van der Waals surface area contributed by atoms with Crippen LogP contribution in [0.15, 0.2) is 12.3 Å². The molecule has 2 heterocycles. The van der Waals surface area contributed by atoms with Crippen LogP contribution in [-0.2, 0) is 16.6 Å². The molecule has 31 heavy (non-hydrogen) atoms. The summed E-state index contributed by atoms with van der Waals surface area (Å²) in [5.41, 5.74) is 0.330. The number of hydrogen-bond acceptors (Lipinski definition) is 7. The van der Waals surface area contributed by atoms with Crippen molar-refractivity contribution in [2.75, 3.05) is 17.2 Å². The predicted octanol–water partition coefficient (Wildman–Crippen LogP) is 2.59. The molecule has 11 nitrogen and oxygen atoms in total.